The van der Waals surface area contributed by atoms with Crippen LogP contribution in [0.3, 0.4) is 0 Å². The molecule has 0 radical (unpaired) electrons. The van der Waals surface area contributed by atoms with Crippen LogP contribution in [-0.2, 0) is 24.0 Å². The second kappa shape index (κ2) is 20.1. The lowest BCUT2D eigenvalue weighted by atomic mass is 10.1. The van der Waals surface area contributed by atoms with Crippen LogP contribution in [0.15, 0.2) is 9.98 Å². The molecule has 0 spiro atoms. The van der Waals surface area contributed by atoms with E-state index in [1.165, 1.54) is 9.80 Å². The summed E-state index contributed by atoms with van der Waals surface area (Å²) in [6.45, 7) is 1.81. The standard InChI is InChI=1S/C29H54N12O6/c30-18(8-1-4-14-37-28(32)33)23(42)36-13-3-2-9-19(31)25(44)41-17-7-12-22(41)26(45)40-16-6-11-21(40)24(43)39-20(27(46)47)10-5-15-38-29(34)35/h18-22H,1-17,30-31H2,(H,36,42)(H,39,43)(H,46,47)(H4,32,33,37)(H4,34,35,38)/t18-,19-,20-,21-,22-/m0/s1. The number of carboxylic acids is 1. The van der Waals surface area contributed by atoms with Crippen LogP contribution < -0.4 is 45.0 Å². The van der Waals surface area contributed by atoms with Crippen LogP contribution in [0.25, 0.3) is 0 Å². The summed E-state index contributed by atoms with van der Waals surface area (Å²) in [4.78, 5) is 74.7. The highest BCUT2D eigenvalue weighted by Gasteiger charge is 2.43. The lowest BCUT2D eigenvalue weighted by Crippen LogP contribution is -2.56. The Labute approximate surface area is 275 Å². The Bertz CT molecular complexity index is 1130. The number of unbranched alkanes of at least 4 members (excludes halogenated alkanes) is 2. The molecule has 47 heavy (non-hydrogen) atoms. The number of guanidine groups is 2. The molecule has 2 rings (SSSR count). The normalized spacial score (nSPS) is 19.4. The van der Waals surface area contributed by atoms with Gasteiger partial charge in [0.15, 0.2) is 11.9 Å². The molecule has 18 heteroatoms. The SMILES string of the molecule is NC(N)=NCCCC[C@H](N)C(=O)NCCCC[C@H](N)C(=O)N1CCC[C@H]1C(=O)N1CCC[C@H]1C(=O)N[C@@H](CCCN=C(N)N)C(=O)O. The minimum atomic E-state index is -1.20. The van der Waals surface area contributed by atoms with Crippen molar-refractivity contribution < 1.29 is 29.1 Å². The Morgan fingerprint density at radius 1 is 0.745 bits per heavy atom. The Morgan fingerprint density at radius 3 is 1.96 bits per heavy atom. The number of likely N-dealkylation sites (tertiary alicyclic amines) is 2. The van der Waals surface area contributed by atoms with Crippen molar-refractivity contribution in [3.05, 3.63) is 0 Å². The molecule has 0 bridgehead atoms. The first-order valence-corrected chi connectivity index (χ1v) is 16.4. The molecule has 0 aromatic carbocycles. The zero-order valence-corrected chi connectivity index (χ0v) is 27.1. The van der Waals surface area contributed by atoms with Gasteiger partial charge in [0.05, 0.1) is 12.1 Å². The van der Waals surface area contributed by atoms with Crippen LogP contribution in [-0.4, -0.2) is 119 Å². The molecule has 5 atom stereocenters. The maximum absolute atomic E-state index is 13.6. The number of aliphatic carboxylic acids is 1. The highest BCUT2D eigenvalue weighted by molar-refractivity contribution is 5.94. The van der Waals surface area contributed by atoms with E-state index in [0.717, 1.165) is 6.42 Å². The first kappa shape index (κ1) is 39.0. The van der Waals surface area contributed by atoms with Gasteiger partial charge < -0.3 is 59.9 Å². The van der Waals surface area contributed by atoms with E-state index in [1.807, 2.05) is 0 Å². The molecule has 0 aromatic heterocycles. The molecule has 18 nitrogen and oxygen atoms in total. The Balaban J connectivity index is 1.81. The first-order valence-electron chi connectivity index (χ1n) is 16.4. The van der Waals surface area contributed by atoms with Gasteiger partial charge in [-0.05, 0) is 77.0 Å². The van der Waals surface area contributed by atoms with Gasteiger partial charge >= 0.3 is 5.97 Å². The number of carbonyl (C=O) groups is 5. The summed E-state index contributed by atoms with van der Waals surface area (Å²) in [5, 5.41) is 14.9. The number of nitrogens with two attached hydrogens (primary N) is 6. The van der Waals surface area contributed by atoms with E-state index >= 15 is 0 Å². The van der Waals surface area contributed by atoms with Crippen LogP contribution in [0.1, 0.15) is 77.0 Å². The second-order valence-electron chi connectivity index (χ2n) is 12.0. The molecule has 2 aliphatic rings. The van der Waals surface area contributed by atoms with Crippen molar-refractivity contribution in [2.75, 3.05) is 32.7 Å². The number of amides is 4. The van der Waals surface area contributed by atoms with E-state index in [2.05, 4.69) is 20.6 Å². The molecular weight excluding hydrogens is 612 g/mol. The van der Waals surface area contributed by atoms with Gasteiger partial charge in [-0.25, -0.2) is 4.79 Å². The number of aliphatic imine (C=N–C) groups is 2. The average molecular weight is 667 g/mol. The maximum atomic E-state index is 13.6. The number of nitrogens with one attached hydrogen (secondary N) is 2. The summed E-state index contributed by atoms with van der Waals surface area (Å²) < 4.78 is 0. The zero-order chi connectivity index (χ0) is 34.9. The number of rotatable bonds is 20. The summed E-state index contributed by atoms with van der Waals surface area (Å²) in [6.07, 6.45) is 5.99. The highest BCUT2D eigenvalue weighted by Crippen LogP contribution is 2.26. The van der Waals surface area contributed by atoms with Crippen molar-refractivity contribution in [2.45, 2.75) is 107 Å². The Morgan fingerprint density at radius 2 is 1.32 bits per heavy atom. The van der Waals surface area contributed by atoms with Gasteiger partial charge in [-0.2, -0.15) is 0 Å². The molecular formula is C29H54N12O6. The third kappa shape index (κ3) is 13.2. The first-order chi connectivity index (χ1) is 22.3. The summed E-state index contributed by atoms with van der Waals surface area (Å²) in [5.74, 6) is -2.74. The zero-order valence-electron chi connectivity index (χ0n) is 27.1. The fourth-order valence-electron chi connectivity index (χ4n) is 5.79. The predicted octanol–water partition coefficient (Wildman–Crippen LogP) is -3.02. The number of hydrogen-bond donors (Lipinski definition) is 9. The Kier molecular flexibility index (Phi) is 16.7. The topological polar surface area (TPSA) is 317 Å². The van der Waals surface area contributed by atoms with Crippen molar-refractivity contribution in [3.8, 4) is 0 Å². The van der Waals surface area contributed by atoms with Crippen molar-refractivity contribution in [1.82, 2.24) is 20.4 Å². The van der Waals surface area contributed by atoms with Crippen LogP contribution in [0.5, 0.6) is 0 Å². The van der Waals surface area contributed by atoms with E-state index in [9.17, 15) is 29.1 Å². The summed E-state index contributed by atoms with van der Waals surface area (Å²) in [6, 6.07) is -4.18. The number of carboxylic acid groups (broad SMARTS) is 1. The quantitative estimate of drug-likeness (QED) is 0.0356. The molecule has 15 N–H and O–H groups in total. The van der Waals surface area contributed by atoms with Gasteiger partial charge in [-0.1, -0.05) is 0 Å². The molecule has 2 heterocycles. The third-order valence-electron chi connectivity index (χ3n) is 8.33. The minimum Gasteiger partial charge on any atom is -0.480 e. The second-order valence-corrected chi connectivity index (χ2v) is 12.0. The van der Waals surface area contributed by atoms with Crippen LogP contribution >= 0.6 is 0 Å². The monoisotopic (exact) mass is 666 g/mol. The molecule has 0 saturated carbocycles. The lowest BCUT2D eigenvalue weighted by molar-refractivity contribution is -0.148. The molecule has 4 amide bonds. The van der Waals surface area contributed by atoms with Crippen molar-refractivity contribution in [2.24, 2.45) is 44.4 Å². The van der Waals surface area contributed by atoms with Crippen molar-refractivity contribution >= 4 is 41.5 Å². The number of nitrogens with zero attached hydrogens (tertiary/aromatic N) is 4. The molecule has 2 aliphatic heterocycles. The minimum absolute atomic E-state index is 0.0304. The summed E-state index contributed by atoms with van der Waals surface area (Å²) >= 11 is 0. The molecule has 2 fully saturated rings. The third-order valence-corrected chi connectivity index (χ3v) is 8.33. The van der Waals surface area contributed by atoms with Gasteiger partial charge in [0.2, 0.25) is 23.6 Å². The van der Waals surface area contributed by atoms with Gasteiger partial charge in [-0.3, -0.25) is 29.2 Å². The van der Waals surface area contributed by atoms with Gasteiger partial charge in [0.1, 0.15) is 18.1 Å². The summed E-state index contributed by atoms with van der Waals surface area (Å²) in [5.41, 5.74) is 33.3. The van der Waals surface area contributed by atoms with Gasteiger partial charge in [0.25, 0.3) is 0 Å². The largest absolute Gasteiger partial charge is 0.480 e. The van der Waals surface area contributed by atoms with E-state index < -0.39 is 42.1 Å². The van der Waals surface area contributed by atoms with E-state index in [1.54, 1.807) is 0 Å². The van der Waals surface area contributed by atoms with Crippen LogP contribution in [0, 0.1) is 0 Å². The lowest BCUT2D eigenvalue weighted by Gasteiger charge is -2.32. The predicted molar refractivity (Wildman–Crippen MR) is 176 cm³/mol. The van der Waals surface area contributed by atoms with Crippen LogP contribution in [0.2, 0.25) is 0 Å². The summed E-state index contributed by atoms with van der Waals surface area (Å²) in [7, 11) is 0. The molecule has 266 valence electrons. The smallest absolute Gasteiger partial charge is 0.326 e. The average Bonchev–Trinajstić information content (AvgIpc) is 3.71. The van der Waals surface area contributed by atoms with E-state index in [4.69, 9.17) is 34.4 Å². The van der Waals surface area contributed by atoms with Crippen molar-refractivity contribution in [3.63, 3.8) is 0 Å². The van der Waals surface area contributed by atoms with Crippen molar-refractivity contribution in [1.29, 1.82) is 0 Å². The van der Waals surface area contributed by atoms with Crippen LogP contribution in [0.4, 0.5) is 0 Å². The number of carbonyl (C=O) groups excluding carboxylic acids is 4. The maximum Gasteiger partial charge on any atom is 0.326 e. The molecule has 0 unspecified atom stereocenters. The van der Waals surface area contributed by atoms with Gasteiger partial charge in [0, 0.05) is 32.7 Å². The van der Waals surface area contributed by atoms with Gasteiger partial charge in [-0.15, -0.1) is 0 Å². The Hall–Kier alpha value is -4.19. The fraction of sp³-hybridized carbons (Fsp3) is 0.759. The van der Waals surface area contributed by atoms with E-state index in [0.29, 0.717) is 90.4 Å². The molecule has 0 aliphatic carbocycles. The number of hydrogen-bond acceptors (Lipinski definition) is 9. The highest BCUT2D eigenvalue weighted by atomic mass is 16.4. The fourth-order valence-corrected chi connectivity index (χ4v) is 5.79. The van der Waals surface area contributed by atoms with E-state index in [-0.39, 0.29) is 42.6 Å². The molecule has 2 saturated heterocycles. The molecule has 0 aromatic rings.